The lowest BCUT2D eigenvalue weighted by molar-refractivity contribution is 0.102. The van der Waals surface area contributed by atoms with E-state index >= 15 is 0 Å². The molecule has 1 aliphatic heterocycles. The second-order valence-corrected chi connectivity index (χ2v) is 5.32. The Labute approximate surface area is 120 Å². The summed E-state index contributed by atoms with van der Waals surface area (Å²) in [6.45, 7) is 8.97. The van der Waals surface area contributed by atoms with Crippen molar-refractivity contribution in [2.75, 3.05) is 38.8 Å². The Kier molecular flexibility index (Phi) is 5.14. The SMILES string of the molecule is C=C(C)Cn1c(C2CCCO2)nnc1N(C)CCOC. The molecular weight excluding hydrogens is 256 g/mol. The Bertz CT molecular complexity index is 452. The lowest BCUT2D eigenvalue weighted by atomic mass is 10.2. The third-order valence-corrected chi connectivity index (χ3v) is 3.38. The number of methoxy groups -OCH3 is 1. The van der Waals surface area contributed by atoms with Crippen LogP contribution >= 0.6 is 0 Å². The number of rotatable bonds is 7. The fourth-order valence-corrected chi connectivity index (χ4v) is 2.36. The van der Waals surface area contributed by atoms with Gasteiger partial charge in [0.2, 0.25) is 5.95 Å². The number of nitrogens with zero attached hydrogens (tertiary/aromatic N) is 4. The summed E-state index contributed by atoms with van der Waals surface area (Å²) in [5.41, 5.74) is 1.07. The molecule has 20 heavy (non-hydrogen) atoms. The monoisotopic (exact) mass is 280 g/mol. The highest BCUT2D eigenvalue weighted by Gasteiger charge is 2.26. The van der Waals surface area contributed by atoms with Crippen molar-refractivity contribution in [3.63, 3.8) is 0 Å². The third-order valence-electron chi connectivity index (χ3n) is 3.38. The molecule has 1 aromatic heterocycles. The molecule has 1 aliphatic rings. The molecule has 1 unspecified atom stereocenters. The molecule has 1 aromatic rings. The summed E-state index contributed by atoms with van der Waals surface area (Å²) in [4.78, 5) is 2.05. The van der Waals surface area contributed by atoms with E-state index in [0.717, 1.165) is 49.9 Å². The van der Waals surface area contributed by atoms with Crippen LogP contribution in [0.1, 0.15) is 31.7 Å². The number of anilines is 1. The average Bonchev–Trinajstić information content (AvgIpc) is 3.04. The van der Waals surface area contributed by atoms with Crippen molar-refractivity contribution in [2.24, 2.45) is 0 Å². The minimum Gasteiger partial charge on any atom is -0.383 e. The topological polar surface area (TPSA) is 52.4 Å². The molecule has 6 heteroatoms. The van der Waals surface area contributed by atoms with E-state index in [9.17, 15) is 0 Å². The zero-order valence-corrected chi connectivity index (χ0v) is 12.6. The smallest absolute Gasteiger partial charge is 0.227 e. The minimum absolute atomic E-state index is 0.0615. The van der Waals surface area contributed by atoms with Gasteiger partial charge in [-0.1, -0.05) is 12.2 Å². The fourth-order valence-electron chi connectivity index (χ4n) is 2.36. The molecule has 0 N–H and O–H groups in total. The summed E-state index contributed by atoms with van der Waals surface area (Å²) in [7, 11) is 3.70. The van der Waals surface area contributed by atoms with E-state index in [4.69, 9.17) is 9.47 Å². The van der Waals surface area contributed by atoms with E-state index < -0.39 is 0 Å². The first-order valence-corrected chi connectivity index (χ1v) is 7.02. The summed E-state index contributed by atoms with van der Waals surface area (Å²) in [6.07, 6.45) is 2.15. The van der Waals surface area contributed by atoms with Crippen molar-refractivity contribution < 1.29 is 9.47 Å². The van der Waals surface area contributed by atoms with Gasteiger partial charge in [-0.15, -0.1) is 10.2 Å². The number of ether oxygens (including phenoxy) is 2. The third kappa shape index (κ3) is 3.37. The van der Waals surface area contributed by atoms with Crippen molar-refractivity contribution in [3.8, 4) is 0 Å². The molecule has 1 atom stereocenters. The van der Waals surface area contributed by atoms with Crippen molar-refractivity contribution >= 4 is 5.95 Å². The molecule has 2 rings (SSSR count). The molecule has 0 spiro atoms. The number of hydrogen-bond donors (Lipinski definition) is 0. The molecule has 2 heterocycles. The number of allylic oxidation sites excluding steroid dienone is 1. The summed E-state index contributed by atoms with van der Waals surface area (Å²) >= 11 is 0. The highest BCUT2D eigenvalue weighted by Crippen LogP contribution is 2.29. The van der Waals surface area contributed by atoms with Crippen molar-refractivity contribution in [1.82, 2.24) is 14.8 Å². The van der Waals surface area contributed by atoms with Gasteiger partial charge in [-0.3, -0.25) is 4.57 Å². The molecule has 0 bridgehead atoms. The quantitative estimate of drug-likeness (QED) is 0.713. The first kappa shape index (κ1) is 15.0. The Morgan fingerprint density at radius 1 is 1.55 bits per heavy atom. The molecule has 6 nitrogen and oxygen atoms in total. The molecule has 1 saturated heterocycles. The number of likely N-dealkylation sites (N-methyl/N-ethyl adjacent to an activating group) is 1. The fraction of sp³-hybridized carbons (Fsp3) is 0.714. The van der Waals surface area contributed by atoms with Gasteiger partial charge >= 0.3 is 0 Å². The van der Waals surface area contributed by atoms with Crippen LogP contribution in [-0.4, -0.2) is 48.7 Å². The number of hydrogen-bond acceptors (Lipinski definition) is 5. The standard InChI is InChI=1S/C14H24N4O2/c1-11(2)10-18-13(12-6-5-8-20-12)15-16-14(18)17(3)7-9-19-4/h12H,1,5-10H2,2-4H3. The summed E-state index contributed by atoms with van der Waals surface area (Å²) < 4.78 is 13.0. The van der Waals surface area contributed by atoms with Gasteiger partial charge in [0.15, 0.2) is 5.82 Å². The highest BCUT2D eigenvalue weighted by atomic mass is 16.5. The molecule has 1 fully saturated rings. The predicted octanol–water partition coefficient (Wildman–Crippen LogP) is 1.79. The van der Waals surface area contributed by atoms with Gasteiger partial charge in [-0.2, -0.15) is 0 Å². The van der Waals surface area contributed by atoms with Crippen molar-refractivity contribution in [2.45, 2.75) is 32.4 Å². The molecule has 0 amide bonds. The second kappa shape index (κ2) is 6.85. The van der Waals surface area contributed by atoms with E-state index in [1.807, 2.05) is 14.0 Å². The van der Waals surface area contributed by atoms with Crippen LogP contribution in [-0.2, 0) is 16.0 Å². The van der Waals surface area contributed by atoms with E-state index in [1.165, 1.54) is 0 Å². The number of aromatic nitrogens is 3. The molecule has 112 valence electrons. The summed E-state index contributed by atoms with van der Waals surface area (Å²) in [5.74, 6) is 1.75. The zero-order chi connectivity index (χ0) is 14.5. The summed E-state index contributed by atoms with van der Waals surface area (Å²) in [5, 5.41) is 8.67. The average molecular weight is 280 g/mol. The molecule has 0 saturated carbocycles. The Balaban J connectivity index is 2.23. The van der Waals surface area contributed by atoms with Gasteiger partial charge in [0.1, 0.15) is 6.10 Å². The van der Waals surface area contributed by atoms with E-state index in [1.54, 1.807) is 7.11 Å². The maximum atomic E-state index is 5.74. The maximum Gasteiger partial charge on any atom is 0.227 e. The van der Waals surface area contributed by atoms with Gasteiger partial charge in [0.05, 0.1) is 6.61 Å². The van der Waals surface area contributed by atoms with Crippen LogP contribution in [0.15, 0.2) is 12.2 Å². The van der Waals surface area contributed by atoms with Gasteiger partial charge in [0, 0.05) is 33.9 Å². The van der Waals surface area contributed by atoms with Crippen LogP contribution in [0, 0.1) is 0 Å². The Hall–Kier alpha value is -1.40. The Morgan fingerprint density at radius 2 is 2.35 bits per heavy atom. The molecular formula is C14H24N4O2. The van der Waals surface area contributed by atoms with Crippen LogP contribution < -0.4 is 4.90 Å². The van der Waals surface area contributed by atoms with Gasteiger partial charge in [-0.05, 0) is 19.8 Å². The van der Waals surface area contributed by atoms with Crippen LogP contribution in [0.5, 0.6) is 0 Å². The van der Waals surface area contributed by atoms with Crippen LogP contribution in [0.25, 0.3) is 0 Å². The lowest BCUT2D eigenvalue weighted by Crippen LogP contribution is -2.26. The van der Waals surface area contributed by atoms with Crippen LogP contribution in [0.3, 0.4) is 0 Å². The summed E-state index contributed by atoms with van der Waals surface area (Å²) in [6, 6.07) is 0. The minimum atomic E-state index is 0.0615. The first-order chi connectivity index (χ1) is 9.63. The predicted molar refractivity (Wildman–Crippen MR) is 77.9 cm³/mol. The lowest BCUT2D eigenvalue weighted by Gasteiger charge is -2.20. The van der Waals surface area contributed by atoms with E-state index in [0.29, 0.717) is 6.61 Å². The van der Waals surface area contributed by atoms with Gasteiger partial charge < -0.3 is 14.4 Å². The van der Waals surface area contributed by atoms with Crippen molar-refractivity contribution in [1.29, 1.82) is 0 Å². The molecule has 0 aliphatic carbocycles. The normalized spacial score (nSPS) is 18.4. The van der Waals surface area contributed by atoms with Crippen molar-refractivity contribution in [3.05, 3.63) is 18.0 Å². The Morgan fingerprint density at radius 3 is 2.95 bits per heavy atom. The van der Waals surface area contributed by atoms with Crippen LogP contribution in [0.2, 0.25) is 0 Å². The highest BCUT2D eigenvalue weighted by molar-refractivity contribution is 5.31. The van der Waals surface area contributed by atoms with E-state index in [2.05, 4.69) is 26.2 Å². The maximum absolute atomic E-state index is 5.74. The van der Waals surface area contributed by atoms with Gasteiger partial charge in [0.25, 0.3) is 0 Å². The van der Waals surface area contributed by atoms with Gasteiger partial charge in [-0.25, -0.2) is 0 Å². The molecule has 0 aromatic carbocycles. The van der Waals surface area contributed by atoms with E-state index in [-0.39, 0.29) is 6.10 Å². The largest absolute Gasteiger partial charge is 0.383 e. The first-order valence-electron chi connectivity index (χ1n) is 7.02. The molecule has 0 radical (unpaired) electrons. The second-order valence-electron chi connectivity index (χ2n) is 5.32. The van der Waals surface area contributed by atoms with Crippen LogP contribution in [0.4, 0.5) is 5.95 Å². The zero-order valence-electron chi connectivity index (χ0n) is 12.6.